The van der Waals surface area contributed by atoms with Crippen molar-refractivity contribution < 1.29 is 38.1 Å². The Hall–Kier alpha value is -1.91. The predicted octanol–water partition coefficient (Wildman–Crippen LogP) is -1.15. The van der Waals surface area contributed by atoms with Crippen LogP contribution in [0.3, 0.4) is 0 Å². The first-order valence-electron chi connectivity index (χ1n) is 7.61. The van der Waals surface area contributed by atoms with E-state index in [2.05, 4.69) is 18.9 Å². The zero-order valence-corrected chi connectivity index (χ0v) is 16.1. The molecule has 0 bridgehead atoms. The summed E-state index contributed by atoms with van der Waals surface area (Å²) < 4.78 is 18.6. The second-order valence-corrected chi connectivity index (χ2v) is 5.48. The molecule has 150 valence electrons. The summed E-state index contributed by atoms with van der Waals surface area (Å²) in [6.45, 7) is -0.401. The van der Waals surface area contributed by atoms with Crippen molar-refractivity contribution in [2.75, 3.05) is 54.6 Å². The first kappa shape index (κ1) is 24.1. The Kier molecular flexibility index (Phi) is 10.8. The number of ether oxygens (including phenoxy) is 4. The SMILES string of the molecule is COC(=O)CN(CC(=O)OC)C1CC1N(CC(=O)OC)CC(=O)OC.Cl. The van der Waals surface area contributed by atoms with Crippen LogP contribution >= 0.6 is 12.4 Å². The highest BCUT2D eigenvalue weighted by Gasteiger charge is 2.47. The summed E-state index contributed by atoms with van der Waals surface area (Å²) >= 11 is 0. The fourth-order valence-electron chi connectivity index (χ4n) is 2.46. The molecular weight excluding hydrogens is 372 g/mol. The zero-order valence-electron chi connectivity index (χ0n) is 15.3. The summed E-state index contributed by atoms with van der Waals surface area (Å²) in [6, 6.07) is -0.403. The van der Waals surface area contributed by atoms with Crippen molar-refractivity contribution in [3.8, 4) is 0 Å². The van der Waals surface area contributed by atoms with Crippen molar-refractivity contribution in [1.82, 2.24) is 9.80 Å². The van der Waals surface area contributed by atoms with Gasteiger partial charge in [-0.15, -0.1) is 12.4 Å². The van der Waals surface area contributed by atoms with E-state index in [-0.39, 0.29) is 50.7 Å². The summed E-state index contributed by atoms with van der Waals surface area (Å²) in [5, 5.41) is 0. The van der Waals surface area contributed by atoms with Gasteiger partial charge in [-0.2, -0.15) is 0 Å². The molecule has 0 aromatic heterocycles. The number of hydrogen-bond acceptors (Lipinski definition) is 10. The molecule has 1 aliphatic rings. The molecule has 2 atom stereocenters. The second kappa shape index (κ2) is 11.7. The standard InChI is InChI=1S/C15H24N2O8.ClH/c1-22-12(18)6-16(7-13(19)23-2)10-5-11(10)17(8-14(20)24-3)9-15(21)25-4;/h10-11H,5-9H2,1-4H3;1H. The smallest absolute Gasteiger partial charge is 0.319 e. The monoisotopic (exact) mass is 396 g/mol. The fourth-order valence-corrected chi connectivity index (χ4v) is 2.46. The molecule has 0 aromatic rings. The Labute approximate surface area is 158 Å². The lowest BCUT2D eigenvalue weighted by atomic mass is 10.4. The third kappa shape index (κ3) is 7.54. The Balaban J connectivity index is 0.00000625. The Morgan fingerprint density at radius 1 is 0.654 bits per heavy atom. The molecule has 0 spiro atoms. The lowest BCUT2D eigenvalue weighted by Gasteiger charge is -2.24. The zero-order chi connectivity index (χ0) is 19.0. The number of rotatable bonds is 10. The molecule has 1 saturated carbocycles. The highest BCUT2D eigenvalue weighted by Crippen LogP contribution is 2.33. The van der Waals surface area contributed by atoms with Gasteiger partial charge >= 0.3 is 23.9 Å². The van der Waals surface area contributed by atoms with Gasteiger partial charge in [-0.05, 0) is 6.42 Å². The van der Waals surface area contributed by atoms with Crippen LogP contribution in [0.25, 0.3) is 0 Å². The molecule has 0 heterocycles. The van der Waals surface area contributed by atoms with Gasteiger partial charge in [0.05, 0.1) is 54.6 Å². The number of halogens is 1. The minimum Gasteiger partial charge on any atom is -0.468 e. The molecule has 2 unspecified atom stereocenters. The van der Waals surface area contributed by atoms with Crippen molar-refractivity contribution in [3.63, 3.8) is 0 Å². The number of methoxy groups -OCH3 is 4. The van der Waals surface area contributed by atoms with Crippen LogP contribution in [-0.4, -0.2) is 100 Å². The highest BCUT2D eigenvalue weighted by molar-refractivity contribution is 5.85. The molecule has 10 nitrogen and oxygen atoms in total. The van der Waals surface area contributed by atoms with Crippen LogP contribution in [0.4, 0.5) is 0 Å². The quantitative estimate of drug-likeness (QED) is 0.331. The van der Waals surface area contributed by atoms with Gasteiger partial charge in [-0.3, -0.25) is 29.0 Å². The maximum Gasteiger partial charge on any atom is 0.319 e. The highest BCUT2D eigenvalue weighted by atomic mass is 35.5. The van der Waals surface area contributed by atoms with Gasteiger partial charge in [-0.1, -0.05) is 0 Å². The van der Waals surface area contributed by atoms with Gasteiger partial charge in [0, 0.05) is 12.1 Å². The molecule has 0 N–H and O–H groups in total. The molecule has 0 radical (unpaired) electrons. The van der Waals surface area contributed by atoms with Crippen LogP contribution < -0.4 is 0 Å². The number of hydrogen-bond donors (Lipinski definition) is 0. The number of carbonyl (C=O) groups excluding carboxylic acids is 4. The van der Waals surface area contributed by atoms with E-state index in [0.29, 0.717) is 6.42 Å². The van der Waals surface area contributed by atoms with Gasteiger partial charge in [-0.25, -0.2) is 0 Å². The van der Waals surface area contributed by atoms with Crippen molar-refractivity contribution in [2.24, 2.45) is 0 Å². The maximum atomic E-state index is 11.6. The van der Waals surface area contributed by atoms with Crippen LogP contribution in [0.2, 0.25) is 0 Å². The first-order chi connectivity index (χ1) is 11.9. The molecule has 0 amide bonds. The molecular formula is C15H25ClN2O8. The minimum absolute atomic E-state index is 0. The molecule has 0 aromatic carbocycles. The molecule has 0 saturated heterocycles. The van der Waals surface area contributed by atoms with Crippen molar-refractivity contribution >= 4 is 36.3 Å². The van der Waals surface area contributed by atoms with E-state index in [1.54, 1.807) is 9.80 Å². The lowest BCUT2D eigenvalue weighted by Crippen LogP contribution is -2.44. The van der Waals surface area contributed by atoms with E-state index in [1.165, 1.54) is 28.4 Å². The Morgan fingerprint density at radius 3 is 1.08 bits per heavy atom. The second-order valence-electron chi connectivity index (χ2n) is 5.48. The first-order valence-corrected chi connectivity index (χ1v) is 7.61. The van der Waals surface area contributed by atoms with Crippen LogP contribution in [0.5, 0.6) is 0 Å². The summed E-state index contributed by atoms with van der Waals surface area (Å²) in [5.74, 6) is -1.99. The van der Waals surface area contributed by atoms with E-state index in [0.717, 1.165) is 0 Å². The van der Waals surface area contributed by atoms with Crippen molar-refractivity contribution in [3.05, 3.63) is 0 Å². The number of carbonyl (C=O) groups is 4. The normalized spacial score (nSPS) is 17.9. The molecule has 26 heavy (non-hydrogen) atoms. The Morgan fingerprint density at radius 2 is 0.885 bits per heavy atom. The van der Waals surface area contributed by atoms with Crippen molar-refractivity contribution in [2.45, 2.75) is 18.5 Å². The van der Waals surface area contributed by atoms with E-state index in [9.17, 15) is 19.2 Å². The number of nitrogens with zero attached hydrogens (tertiary/aromatic N) is 2. The van der Waals surface area contributed by atoms with Gasteiger partial charge in [0.15, 0.2) is 0 Å². The largest absolute Gasteiger partial charge is 0.468 e. The lowest BCUT2D eigenvalue weighted by molar-refractivity contribution is -0.149. The van der Waals surface area contributed by atoms with Gasteiger partial charge in [0.2, 0.25) is 0 Å². The summed E-state index contributed by atoms with van der Waals surface area (Å²) in [4.78, 5) is 49.5. The van der Waals surface area contributed by atoms with Crippen LogP contribution in [0.1, 0.15) is 6.42 Å². The van der Waals surface area contributed by atoms with Gasteiger partial charge < -0.3 is 18.9 Å². The fraction of sp³-hybridized carbons (Fsp3) is 0.733. The predicted molar refractivity (Wildman–Crippen MR) is 90.7 cm³/mol. The average Bonchev–Trinajstić information content (AvgIpc) is 3.40. The van der Waals surface area contributed by atoms with E-state index in [1.807, 2.05) is 0 Å². The summed E-state index contributed by atoms with van der Waals surface area (Å²) in [5.41, 5.74) is 0. The van der Waals surface area contributed by atoms with Crippen LogP contribution in [0, 0.1) is 0 Å². The summed E-state index contributed by atoms with van der Waals surface area (Å²) in [7, 11) is 5.02. The van der Waals surface area contributed by atoms with Crippen molar-refractivity contribution in [1.29, 1.82) is 0 Å². The van der Waals surface area contributed by atoms with Gasteiger partial charge in [0.1, 0.15) is 0 Å². The average molecular weight is 397 g/mol. The molecule has 1 rings (SSSR count). The van der Waals surface area contributed by atoms with E-state index in [4.69, 9.17) is 0 Å². The van der Waals surface area contributed by atoms with Crippen LogP contribution in [-0.2, 0) is 38.1 Å². The molecule has 0 aliphatic heterocycles. The molecule has 1 aliphatic carbocycles. The third-order valence-corrected chi connectivity index (χ3v) is 3.90. The van der Waals surface area contributed by atoms with Crippen LogP contribution in [0.15, 0.2) is 0 Å². The topological polar surface area (TPSA) is 112 Å². The molecule has 1 fully saturated rings. The van der Waals surface area contributed by atoms with E-state index >= 15 is 0 Å². The number of esters is 4. The minimum atomic E-state index is -0.498. The Bertz CT molecular complexity index is 436. The summed E-state index contributed by atoms with van der Waals surface area (Å²) in [6.07, 6.45) is 0.571. The van der Waals surface area contributed by atoms with Gasteiger partial charge in [0.25, 0.3) is 0 Å². The molecule has 11 heteroatoms. The maximum absolute atomic E-state index is 11.6. The van der Waals surface area contributed by atoms with E-state index < -0.39 is 23.9 Å². The third-order valence-electron chi connectivity index (χ3n) is 3.90.